The highest BCUT2D eigenvalue weighted by Crippen LogP contribution is 2.22. The van der Waals surface area contributed by atoms with Crippen LogP contribution in [-0.2, 0) is 6.54 Å². The van der Waals surface area contributed by atoms with Gasteiger partial charge in [0.25, 0.3) is 0 Å². The van der Waals surface area contributed by atoms with Crippen LogP contribution in [0.25, 0.3) is 11.0 Å². The number of imidazole rings is 1. The molecule has 17 heavy (non-hydrogen) atoms. The number of hydrogen-bond acceptors (Lipinski definition) is 2. The van der Waals surface area contributed by atoms with Crippen LogP contribution in [-0.4, -0.2) is 16.6 Å². The van der Waals surface area contributed by atoms with E-state index in [9.17, 15) is 0 Å². The SMILES string of the molecule is CCCn1c(C(CC)NC)nc2ccccc21. The Morgan fingerprint density at radius 1 is 1.29 bits per heavy atom. The van der Waals surface area contributed by atoms with Crippen LogP contribution < -0.4 is 5.32 Å². The van der Waals surface area contributed by atoms with E-state index in [0.29, 0.717) is 6.04 Å². The Balaban J connectivity index is 2.56. The molecule has 1 aromatic carbocycles. The van der Waals surface area contributed by atoms with Crippen molar-refractivity contribution in [1.29, 1.82) is 0 Å². The molecule has 0 aliphatic heterocycles. The molecule has 2 aromatic rings. The van der Waals surface area contributed by atoms with Gasteiger partial charge in [-0.1, -0.05) is 26.0 Å². The van der Waals surface area contributed by atoms with Gasteiger partial charge < -0.3 is 9.88 Å². The lowest BCUT2D eigenvalue weighted by molar-refractivity contribution is 0.508. The van der Waals surface area contributed by atoms with Crippen LogP contribution in [0.2, 0.25) is 0 Å². The number of aromatic nitrogens is 2. The summed E-state index contributed by atoms with van der Waals surface area (Å²) in [5.74, 6) is 1.16. The van der Waals surface area contributed by atoms with Crippen molar-refractivity contribution in [3.8, 4) is 0 Å². The van der Waals surface area contributed by atoms with E-state index in [1.165, 1.54) is 5.52 Å². The van der Waals surface area contributed by atoms with Crippen LogP contribution in [0.5, 0.6) is 0 Å². The third-order valence-corrected chi connectivity index (χ3v) is 3.20. The molecule has 0 saturated heterocycles. The summed E-state index contributed by atoms with van der Waals surface area (Å²) in [6.07, 6.45) is 2.19. The maximum absolute atomic E-state index is 4.77. The quantitative estimate of drug-likeness (QED) is 0.857. The molecule has 1 atom stereocenters. The summed E-state index contributed by atoms with van der Waals surface area (Å²) < 4.78 is 2.35. The zero-order chi connectivity index (χ0) is 12.3. The molecule has 2 rings (SSSR count). The molecule has 0 aliphatic rings. The standard InChI is InChI=1S/C14H21N3/c1-4-10-17-13-9-7-6-8-12(13)16-14(17)11(5-2)15-3/h6-9,11,15H,4-5,10H2,1-3H3. The number of nitrogens with one attached hydrogen (secondary N) is 1. The van der Waals surface area contributed by atoms with E-state index in [4.69, 9.17) is 4.98 Å². The Labute approximate surface area is 103 Å². The number of nitrogens with zero attached hydrogens (tertiary/aromatic N) is 2. The summed E-state index contributed by atoms with van der Waals surface area (Å²) >= 11 is 0. The Morgan fingerprint density at radius 2 is 2.06 bits per heavy atom. The van der Waals surface area contributed by atoms with E-state index in [1.807, 2.05) is 7.05 Å². The summed E-state index contributed by atoms with van der Waals surface area (Å²) in [4.78, 5) is 4.77. The maximum Gasteiger partial charge on any atom is 0.127 e. The van der Waals surface area contributed by atoms with Crippen LogP contribution in [0.1, 0.15) is 38.6 Å². The maximum atomic E-state index is 4.77. The Bertz CT molecular complexity index is 483. The van der Waals surface area contributed by atoms with Gasteiger partial charge in [-0.05, 0) is 32.0 Å². The van der Waals surface area contributed by atoms with Crippen molar-refractivity contribution < 1.29 is 0 Å². The minimum Gasteiger partial charge on any atom is -0.327 e. The highest BCUT2D eigenvalue weighted by atomic mass is 15.1. The average molecular weight is 231 g/mol. The van der Waals surface area contributed by atoms with Gasteiger partial charge in [-0.25, -0.2) is 4.98 Å². The van der Waals surface area contributed by atoms with Crippen molar-refractivity contribution in [2.24, 2.45) is 0 Å². The Morgan fingerprint density at radius 3 is 2.71 bits per heavy atom. The molecule has 0 aliphatic carbocycles. The lowest BCUT2D eigenvalue weighted by atomic mass is 10.2. The van der Waals surface area contributed by atoms with Crippen molar-refractivity contribution in [3.63, 3.8) is 0 Å². The normalized spacial score (nSPS) is 13.1. The van der Waals surface area contributed by atoms with Gasteiger partial charge in [0.1, 0.15) is 5.82 Å². The number of hydrogen-bond donors (Lipinski definition) is 1. The fraction of sp³-hybridized carbons (Fsp3) is 0.500. The van der Waals surface area contributed by atoms with Crippen molar-refractivity contribution in [1.82, 2.24) is 14.9 Å². The Kier molecular flexibility index (Phi) is 3.79. The van der Waals surface area contributed by atoms with Crippen molar-refractivity contribution in [3.05, 3.63) is 30.1 Å². The van der Waals surface area contributed by atoms with Gasteiger partial charge in [-0.3, -0.25) is 0 Å². The highest BCUT2D eigenvalue weighted by Gasteiger charge is 2.16. The van der Waals surface area contributed by atoms with Gasteiger partial charge in [0, 0.05) is 6.54 Å². The molecule has 0 bridgehead atoms. The average Bonchev–Trinajstić information content (AvgIpc) is 2.71. The second kappa shape index (κ2) is 5.32. The number of fused-ring (bicyclic) bond motifs is 1. The molecule has 0 saturated carbocycles. The molecular formula is C14H21N3. The lowest BCUT2D eigenvalue weighted by Gasteiger charge is -2.15. The number of rotatable bonds is 5. The van der Waals surface area contributed by atoms with Crippen LogP contribution in [0, 0.1) is 0 Å². The van der Waals surface area contributed by atoms with E-state index in [-0.39, 0.29) is 0 Å². The van der Waals surface area contributed by atoms with E-state index >= 15 is 0 Å². The summed E-state index contributed by atoms with van der Waals surface area (Å²) in [6.45, 7) is 5.43. The van der Waals surface area contributed by atoms with Crippen LogP contribution in [0.4, 0.5) is 0 Å². The molecule has 0 radical (unpaired) electrons. The van der Waals surface area contributed by atoms with Gasteiger partial charge in [-0.15, -0.1) is 0 Å². The molecule has 0 spiro atoms. The first-order valence-corrected chi connectivity index (χ1v) is 6.44. The lowest BCUT2D eigenvalue weighted by Crippen LogP contribution is -2.20. The first-order valence-electron chi connectivity index (χ1n) is 6.44. The van der Waals surface area contributed by atoms with E-state index in [1.54, 1.807) is 0 Å². The van der Waals surface area contributed by atoms with Gasteiger partial charge in [0.05, 0.1) is 17.1 Å². The van der Waals surface area contributed by atoms with Crippen molar-refractivity contribution >= 4 is 11.0 Å². The molecule has 3 heteroatoms. The third-order valence-electron chi connectivity index (χ3n) is 3.20. The second-order valence-electron chi connectivity index (χ2n) is 4.36. The zero-order valence-corrected chi connectivity index (χ0v) is 10.9. The molecule has 0 fully saturated rings. The smallest absolute Gasteiger partial charge is 0.127 e. The summed E-state index contributed by atoms with van der Waals surface area (Å²) in [5, 5.41) is 3.34. The molecular weight excluding hydrogens is 210 g/mol. The number of aryl methyl sites for hydroxylation is 1. The van der Waals surface area contributed by atoms with Gasteiger partial charge in [0.2, 0.25) is 0 Å². The largest absolute Gasteiger partial charge is 0.327 e. The monoisotopic (exact) mass is 231 g/mol. The van der Waals surface area contributed by atoms with E-state index < -0.39 is 0 Å². The Hall–Kier alpha value is -1.35. The van der Waals surface area contributed by atoms with Gasteiger partial charge >= 0.3 is 0 Å². The predicted octanol–water partition coefficient (Wildman–Crippen LogP) is 3.12. The molecule has 1 unspecified atom stereocenters. The molecule has 3 nitrogen and oxygen atoms in total. The van der Waals surface area contributed by atoms with Gasteiger partial charge in [-0.2, -0.15) is 0 Å². The predicted molar refractivity (Wildman–Crippen MR) is 72.1 cm³/mol. The summed E-state index contributed by atoms with van der Waals surface area (Å²) in [5.41, 5.74) is 2.35. The molecule has 92 valence electrons. The fourth-order valence-corrected chi connectivity index (χ4v) is 2.33. The van der Waals surface area contributed by atoms with Crippen LogP contribution >= 0.6 is 0 Å². The van der Waals surface area contributed by atoms with E-state index in [2.05, 4.69) is 48.0 Å². The zero-order valence-electron chi connectivity index (χ0n) is 10.9. The number of para-hydroxylation sites is 2. The fourth-order valence-electron chi connectivity index (χ4n) is 2.33. The van der Waals surface area contributed by atoms with Gasteiger partial charge in [0.15, 0.2) is 0 Å². The van der Waals surface area contributed by atoms with E-state index in [0.717, 1.165) is 30.7 Å². The number of benzene rings is 1. The van der Waals surface area contributed by atoms with Crippen molar-refractivity contribution in [2.45, 2.75) is 39.3 Å². The minimum atomic E-state index is 0.342. The highest BCUT2D eigenvalue weighted by molar-refractivity contribution is 5.76. The third kappa shape index (κ3) is 2.20. The first kappa shape index (κ1) is 12.1. The first-order chi connectivity index (χ1) is 8.31. The topological polar surface area (TPSA) is 29.9 Å². The molecule has 0 amide bonds. The summed E-state index contributed by atoms with van der Waals surface area (Å²) in [6, 6.07) is 8.72. The van der Waals surface area contributed by atoms with Crippen molar-refractivity contribution in [2.75, 3.05) is 7.05 Å². The van der Waals surface area contributed by atoms with Crippen LogP contribution in [0.15, 0.2) is 24.3 Å². The molecule has 1 heterocycles. The molecule has 1 aromatic heterocycles. The molecule has 1 N–H and O–H groups in total. The van der Waals surface area contributed by atoms with Crippen LogP contribution in [0.3, 0.4) is 0 Å². The minimum absolute atomic E-state index is 0.342. The second-order valence-corrected chi connectivity index (χ2v) is 4.36. The summed E-state index contributed by atoms with van der Waals surface area (Å²) in [7, 11) is 2.00.